The van der Waals surface area contributed by atoms with Gasteiger partial charge in [0.25, 0.3) is 0 Å². The van der Waals surface area contributed by atoms with Gasteiger partial charge in [0.2, 0.25) is 0 Å². The number of nitrogens with two attached hydrogens (primary N) is 1. The highest BCUT2D eigenvalue weighted by molar-refractivity contribution is 5.16. The van der Waals surface area contributed by atoms with Crippen LogP contribution in [0.5, 0.6) is 0 Å². The van der Waals surface area contributed by atoms with Crippen molar-refractivity contribution in [3.8, 4) is 0 Å². The highest BCUT2D eigenvalue weighted by Gasteiger charge is 2.24. The first kappa shape index (κ1) is 9.65. The molecule has 0 amide bonds. The van der Waals surface area contributed by atoms with Gasteiger partial charge in [-0.2, -0.15) is 0 Å². The van der Waals surface area contributed by atoms with E-state index >= 15 is 0 Å². The minimum Gasteiger partial charge on any atom is -0.325 e. The van der Waals surface area contributed by atoms with Crippen LogP contribution in [0.3, 0.4) is 0 Å². The Kier molecular flexibility index (Phi) is 2.82. The Bertz CT molecular complexity index is 278. The Morgan fingerprint density at radius 1 is 1.43 bits per heavy atom. The molecule has 1 aliphatic rings. The molecule has 1 aliphatic carbocycles. The predicted octanol–water partition coefficient (Wildman–Crippen LogP) is 1.41. The van der Waals surface area contributed by atoms with Gasteiger partial charge in [-0.3, -0.25) is 0 Å². The Balaban J connectivity index is 2.31. The monoisotopic (exact) mass is 194 g/mol. The van der Waals surface area contributed by atoms with Crippen molar-refractivity contribution in [1.82, 2.24) is 15.0 Å². The summed E-state index contributed by atoms with van der Waals surface area (Å²) in [6.07, 6.45) is 5.23. The first-order chi connectivity index (χ1) is 6.86. The summed E-state index contributed by atoms with van der Waals surface area (Å²) in [4.78, 5) is 0. The van der Waals surface area contributed by atoms with Gasteiger partial charge in [0.05, 0.1) is 11.4 Å². The smallest absolute Gasteiger partial charge is 0.0997 e. The molecule has 1 fully saturated rings. The van der Waals surface area contributed by atoms with Crippen molar-refractivity contribution in [2.75, 3.05) is 0 Å². The van der Waals surface area contributed by atoms with E-state index in [-0.39, 0.29) is 0 Å². The third kappa shape index (κ3) is 1.54. The van der Waals surface area contributed by atoms with Crippen LogP contribution in [0.25, 0.3) is 0 Å². The van der Waals surface area contributed by atoms with Crippen molar-refractivity contribution < 1.29 is 0 Å². The molecule has 14 heavy (non-hydrogen) atoms. The van der Waals surface area contributed by atoms with Gasteiger partial charge in [-0.25, -0.2) is 4.68 Å². The summed E-state index contributed by atoms with van der Waals surface area (Å²) in [5.41, 5.74) is 7.97. The number of rotatable bonds is 3. The van der Waals surface area contributed by atoms with Gasteiger partial charge < -0.3 is 5.73 Å². The lowest BCUT2D eigenvalue weighted by Gasteiger charge is -2.11. The van der Waals surface area contributed by atoms with Gasteiger partial charge in [0.15, 0.2) is 0 Å². The van der Waals surface area contributed by atoms with Gasteiger partial charge in [0, 0.05) is 19.0 Å². The molecule has 0 aromatic carbocycles. The van der Waals surface area contributed by atoms with Crippen LogP contribution in [-0.2, 0) is 13.1 Å². The number of aromatic nitrogens is 3. The van der Waals surface area contributed by atoms with Crippen molar-refractivity contribution in [2.24, 2.45) is 5.73 Å². The lowest BCUT2D eigenvalue weighted by atomic mass is 10.0. The van der Waals surface area contributed by atoms with E-state index in [2.05, 4.69) is 17.2 Å². The van der Waals surface area contributed by atoms with E-state index in [1.54, 1.807) is 0 Å². The molecule has 0 atom stereocenters. The molecule has 1 saturated carbocycles. The van der Waals surface area contributed by atoms with Gasteiger partial charge in [-0.05, 0) is 19.8 Å². The highest BCUT2D eigenvalue weighted by Crippen LogP contribution is 2.34. The van der Waals surface area contributed by atoms with Crippen molar-refractivity contribution in [2.45, 2.75) is 51.6 Å². The highest BCUT2D eigenvalue weighted by atomic mass is 15.4. The molecular formula is C10H18N4. The van der Waals surface area contributed by atoms with E-state index in [4.69, 9.17) is 5.73 Å². The van der Waals surface area contributed by atoms with E-state index in [0.29, 0.717) is 12.5 Å². The summed E-state index contributed by atoms with van der Waals surface area (Å²) in [5.74, 6) is 0.656. The molecule has 4 nitrogen and oxygen atoms in total. The zero-order chi connectivity index (χ0) is 9.97. The molecular weight excluding hydrogens is 176 g/mol. The van der Waals surface area contributed by atoms with Gasteiger partial charge in [-0.1, -0.05) is 18.1 Å². The van der Waals surface area contributed by atoms with Gasteiger partial charge in [0.1, 0.15) is 0 Å². The largest absolute Gasteiger partial charge is 0.325 e. The van der Waals surface area contributed by atoms with Crippen molar-refractivity contribution in [3.05, 3.63) is 11.4 Å². The third-order valence-electron chi connectivity index (χ3n) is 3.08. The summed E-state index contributed by atoms with van der Waals surface area (Å²) in [6.45, 7) is 3.53. The second-order valence-corrected chi connectivity index (χ2v) is 3.92. The van der Waals surface area contributed by atoms with Crippen LogP contribution in [0, 0.1) is 0 Å². The SMILES string of the molecule is CCn1nnc(CN)c1C1CCCC1. The van der Waals surface area contributed by atoms with Crippen LogP contribution in [0.15, 0.2) is 0 Å². The summed E-state index contributed by atoms with van der Waals surface area (Å²) < 4.78 is 2.01. The minimum atomic E-state index is 0.520. The summed E-state index contributed by atoms with van der Waals surface area (Å²) in [6, 6.07) is 0. The van der Waals surface area contributed by atoms with E-state index in [1.165, 1.54) is 31.4 Å². The van der Waals surface area contributed by atoms with E-state index < -0.39 is 0 Å². The fourth-order valence-corrected chi connectivity index (χ4v) is 2.38. The van der Waals surface area contributed by atoms with Gasteiger partial charge in [-0.15, -0.1) is 5.10 Å². The van der Waals surface area contributed by atoms with Crippen LogP contribution in [0.4, 0.5) is 0 Å². The fourth-order valence-electron chi connectivity index (χ4n) is 2.38. The molecule has 0 spiro atoms. The summed E-state index contributed by atoms with van der Waals surface area (Å²) in [7, 11) is 0. The summed E-state index contributed by atoms with van der Waals surface area (Å²) in [5, 5.41) is 8.27. The molecule has 1 heterocycles. The molecule has 1 aromatic heterocycles. The van der Waals surface area contributed by atoms with Crippen molar-refractivity contribution in [1.29, 1.82) is 0 Å². The molecule has 0 radical (unpaired) electrons. The Morgan fingerprint density at radius 2 is 2.14 bits per heavy atom. The lowest BCUT2D eigenvalue weighted by Crippen LogP contribution is -2.09. The Morgan fingerprint density at radius 3 is 2.71 bits per heavy atom. The average Bonchev–Trinajstić information content (AvgIpc) is 2.85. The zero-order valence-electron chi connectivity index (χ0n) is 8.74. The summed E-state index contributed by atoms with van der Waals surface area (Å²) >= 11 is 0. The lowest BCUT2D eigenvalue weighted by molar-refractivity contribution is 0.555. The van der Waals surface area contributed by atoms with Crippen LogP contribution in [0.2, 0.25) is 0 Å². The molecule has 0 aliphatic heterocycles. The topological polar surface area (TPSA) is 56.7 Å². The average molecular weight is 194 g/mol. The molecule has 0 bridgehead atoms. The molecule has 4 heteroatoms. The first-order valence-corrected chi connectivity index (χ1v) is 5.49. The predicted molar refractivity (Wildman–Crippen MR) is 54.8 cm³/mol. The second kappa shape index (κ2) is 4.09. The first-order valence-electron chi connectivity index (χ1n) is 5.49. The van der Waals surface area contributed by atoms with Gasteiger partial charge >= 0.3 is 0 Å². The second-order valence-electron chi connectivity index (χ2n) is 3.92. The molecule has 1 aromatic rings. The van der Waals surface area contributed by atoms with E-state index in [1.807, 2.05) is 4.68 Å². The minimum absolute atomic E-state index is 0.520. The van der Waals surface area contributed by atoms with Crippen LogP contribution in [-0.4, -0.2) is 15.0 Å². The maximum Gasteiger partial charge on any atom is 0.0997 e. The molecule has 2 N–H and O–H groups in total. The van der Waals surface area contributed by atoms with E-state index in [9.17, 15) is 0 Å². The van der Waals surface area contributed by atoms with Crippen molar-refractivity contribution >= 4 is 0 Å². The maximum absolute atomic E-state index is 5.67. The maximum atomic E-state index is 5.67. The standard InChI is InChI=1S/C10H18N4/c1-2-14-10(8-5-3-4-6-8)9(7-11)12-13-14/h8H,2-7,11H2,1H3. The number of aryl methyl sites for hydroxylation is 1. The van der Waals surface area contributed by atoms with Crippen LogP contribution >= 0.6 is 0 Å². The quantitative estimate of drug-likeness (QED) is 0.791. The van der Waals surface area contributed by atoms with E-state index in [0.717, 1.165) is 12.2 Å². The number of nitrogens with zero attached hydrogens (tertiary/aromatic N) is 3. The normalized spacial score (nSPS) is 17.9. The van der Waals surface area contributed by atoms with Crippen LogP contribution in [0.1, 0.15) is 49.9 Å². The third-order valence-corrected chi connectivity index (χ3v) is 3.08. The molecule has 0 saturated heterocycles. The Labute approximate surface area is 84.5 Å². The van der Waals surface area contributed by atoms with Crippen LogP contribution < -0.4 is 5.73 Å². The van der Waals surface area contributed by atoms with Crippen molar-refractivity contribution in [3.63, 3.8) is 0 Å². The molecule has 78 valence electrons. The fraction of sp³-hybridized carbons (Fsp3) is 0.800. The number of hydrogen-bond donors (Lipinski definition) is 1. The molecule has 0 unspecified atom stereocenters. The Hall–Kier alpha value is -0.900. The zero-order valence-corrected chi connectivity index (χ0v) is 8.74. The number of hydrogen-bond acceptors (Lipinski definition) is 3. The molecule has 2 rings (SSSR count).